The van der Waals surface area contributed by atoms with Crippen molar-refractivity contribution in [3.63, 3.8) is 0 Å². The average Bonchev–Trinajstić information content (AvgIpc) is 3.06. The van der Waals surface area contributed by atoms with Gasteiger partial charge in [0.05, 0.1) is 11.1 Å². The second-order valence-electron chi connectivity index (χ2n) is 5.08. The molecule has 0 spiro atoms. The predicted molar refractivity (Wildman–Crippen MR) is 85.4 cm³/mol. The largest absolute Gasteiger partial charge is 0.439 e. The number of ether oxygens (including phenoxy) is 1. The molecule has 1 fully saturated rings. The third-order valence-corrected chi connectivity index (χ3v) is 3.64. The molecule has 1 aromatic heterocycles. The van der Waals surface area contributed by atoms with Gasteiger partial charge >= 0.3 is 0 Å². The number of carbonyl (C=O) groups is 1. The van der Waals surface area contributed by atoms with Gasteiger partial charge in [0.1, 0.15) is 5.75 Å². The molecule has 1 aliphatic heterocycles. The van der Waals surface area contributed by atoms with Crippen molar-refractivity contribution < 1.29 is 9.53 Å². The molecule has 1 saturated heterocycles. The molecule has 3 rings (SSSR count). The minimum Gasteiger partial charge on any atom is -0.439 e. The SMILES string of the molecule is O=C(Nc1ccc(Oc2ccc(Cl)cn2)cc1)[C@H]1CCCN1. The summed E-state index contributed by atoms with van der Waals surface area (Å²) in [6, 6.07) is 10.5. The minimum absolute atomic E-state index is 0.00513. The van der Waals surface area contributed by atoms with Gasteiger partial charge in [0.15, 0.2) is 0 Å². The van der Waals surface area contributed by atoms with Gasteiger partial charge in [-0.2, -0.15) is 0 Å². The zero-order valence-electron chi connectivity index (χ0n) is 11.9. The van der Waals surface area contributed by atoms with E-state index in [4.69, 9.17) is 16.3 Å². The minimum atomic E-state index is -0.0887. The maximum absolute atomic E-state index is 12.0. The highest BCUT2D eigenvalue weighted by atomic mass is 35.5. The van der Waals surface area contributed by atoms with E-state index in [0.29, 0.717) is 16.7 Å². The Bertz CT molecular complexity index is 637. The first-order valence-electron chi connectivity index (χ1n) is 7.14. The molecular formula is C16H16ClN3O2. The van der Waals surface area contributed by atoms with E-state index in [0.717, 1.165) is 25.1 Å². The quantitative estimate of drug-likeness (QED) is 0.909. The predicted octanol–water partition coefficient (Wildman–Crippen LogP) is 3.22. The summed E-state index contributed by atoms with van der Waals surface area (Å²) in [5.74, 6) is 1.12. The fraction of sp³-hybridized carbons (Fsp3) is 0.250. The van der Waals surface area contributed by atoms with Crippen molar-refractivity contribution in [3.8, 4) is 11.6 Å². The zero-order chi connectivity index (χ0) is 15.4. The van der Waals surface area contributed by atoms with Crippen molar-refractivity contribution >= 4 is 23.2 Å². The van der Waals surface area contributed by atoms with Crippen LogP contribution in [0.15, 0.2) is 42.6 Å². The Balaban J connectivity index is 1.60. The molecule has 1 aliphatic rings. The molecule has 5 nitrogen and oxygen atoms in total. The molecule has 0 bridgehead atoms. The smallest absolute Gasteiger partial charge is 0.241 e. The van der Waals surface area contributed by atoms with Crippen molar-refractivity contribution in [2.75, 3.05) is 11.9 Å². The monoisotopic (exact) mass is 317 g/mol. The lowest BCUT2D eigenvalue weighted by molar-refractivity contribution is -0.117. The summed E-state index contributed by atoms with van der Waals surface area (Å²) in [7, 11) is 0. The first-order chi connectivity index (χ1) is 10.7. The fourth-order valence-corrected chi connectivity index (χ4v) is 2.40. The molecule has 2 heterocycles. The number of halogens is 1. The third-order valence-electron chi connectivity index (χ3n) is 3.42. The van der Waals surface area contributed by atoms with Crippen LogP contribution in [-0.2, 0) is 4.79 Å². The summed E-state index contributed by atoms with van der Waals surface area (Å²) < 4.78 is 5.60. The molecule has 0 unspecified atom stereocenters. The Morgan fingerprint density at radius 2 is 2.09 bits per heavy atom. The molecular weight excluding hydrogens is 302 g/mol. The van der Waals surface area contributed by atoms with Crippen LogP contribution >= 0.6 is 11.6 Å². The van der Waals surface area contributed by atoms with Crippen molar-refractivity contribution in [2.24, 2.45) is 0 Å². The van der Waals surface area contributed by atoms with Crippen molar-refractivity contribution in [2.45, 2.75) is 18.9 Å². The molecule has 0 aliphatic carbocycles. The lowest BCUT2D eigenvalue weighted by Crippen LogP contribution is -2.35. The number of hydrogen-bond acceptors (Lipinski definition) is 4. The number of carbonyl (C=O) groups excluding carboxylic acids is 1. The van der Waals surface area contributed by atoms with Gasteiger partial charge in [-0.1, -0.05) is 11.6 Å². The number of amides is 1. The Hall–Kier alpha value is -2.11. The maximum atomic E-state index is 12.0. The first-order valence-corrected chi connectivity index (χ1v) is 7.52. The topological polar surface area (TPSA) is 63.2 Å². The van der Waals surface area contributed by atoms with E-state index in [1.54, 1.807) is 36.4 Å². The Labute approximate surface area is 133 Å². The molecule has 114 valence electrons. The molecule has 1 amide bonds. The number of nitrogens with one attached hydrogen (secondary N) is 2. The Kier molecular flexibility index (Phi) is 4.56. The number of nitrogens with zero attached hydrogens (tertiary/aromatic N) is 1. The van der Waals surface area contributed by atoms with Crippen LogP contribution in [0.25, 0.3) is 0 Å². The van der Waals surface area contributed by atoms with Crippen LogP contribution < -0.4 is 15.4 Å². The fourth-order valence-electron chi connectivity index (χ4n) is 2.29. The van der Waals surface area contributed by atoms with E-state index < -0.39 is 0 Å². The number of pyridine rings is 1. The van der Waals surface area contributed by atoms with Crippen molar-refractivity contribution in [3.05, 3.63) is 47.6 Å². The molecule has 0 radical (unpaired) electrons. The van der Waals surface area contributed by atoms with Gasteiger partial charge in [0.25, 0.3) is 0 Å². The van der Waals surface area contributed by atoms with E-state index in [-0.39, 0.29) is 11.9 Å². The van der Waals surface area contributed by atoms with Gasteiger partial charge in [-0.3, -0.25) is 4.79 Å². The summed E-state index contributed by atoms with van der Waals surface area (Å²) in [5, 5.41) is 6.62. The van der Waals surface area contributed by atoms with E-state index in [1.807, 2.05) is 0 Å². The van der Waals surface area contributed by atoms with Gasteiger partial charge in [0.2, 0.25) is 11.8 Å². The average molecular weight is 318 g/mol. The standard InChI is InChI=1S/C16H16ClN3O2/c17-11-3-8-15(19-10-11)22-13-6-4-12(5-7-13)20-16(21)14-2-1-9-18-14/h3-8,10,14,18H,1-2,9H2,(H,20,21)/t14-/m1/s1. The van der Waals surface area contributed by atoms with Crippen LogP contribution in [0.5, 0.6) is 11.6 Å². The molecule has 2 aromatic rings. The van der Waals surface area contributed by atoms with Crippen LogP contribution in [0, 0.1) is 0 Å². The second kappa shape index (κ2) is 6.77. The van der Waals surface area contributed by atoms with Crippen LogP contribution in [0.1, 0.15) is 12.8 Å². The number of rotatable bonds is 4. The van der Waals surface area contributed by atoms with Crippen LogP contribution in [-0.4, -0.2) is 23.5 Å². The van der Waals surface area contributed by atoms with Crippen molar-refractivity contribution in [1.82, 2.24) is 10.3 Å². The molecule has 6 heteroatoms. The number of hydrogen-bond donors (Lipinski definition) is 2. The number of benzene rings is 1. The summed E-state index contributed by atoms with van der Waals surface area (Å²) in [6.07, 6.45) is 3.45. The molecule has 2 N–H and O–H groups in total. The van der Waals surface area contributed by atoms with E-state index in [2.05, 4.69) is 15.6 Å². The highest BCUT2D eigenvalue weighted by molar-refractivity contribution is 6.30. The molecule has 0 saturated carbocycles. The van der Waals surface area contributed by atoms with Crippen LogP contribution in [0.2, 0.25) is 5.02 Å². The van der Waals surface area contributed by atoms with Crippen LogP contribution in [0.3, 0.4) is 0 Å². The second-order valence-corrected chi connectivity index (χ2v) is 5.52. The zero-order valence-corrected chi connectivity index (χ0v) is 12.6. The van der Waals surface area contributed by atoms with Gasteiger partial charge in [-0.05, 0) is 49.7 Å². The highest BCUT2D eigenvalue weighted by Crippen LogP contribution is 2.22. The molecule has 1 atom stereocenters. The van der Waals surface area contributed by atoms with Gasteiger partial charge in [-0.15, -0.1) is 0 Å². The third kappa shape index (κ3) is 3.75. The lowest BCUT2D eigenvalue weighted by atomic mass is 10.2. The summed E-state index contributed by atoms with van der Waals surface area (Å²) in [5.41, 5.74) is 0.745. The van der Waals surface area contributed by atoms with Gasteiger partial charge in [-0.25, -0.2) is 4.98 Å². The van der Waals surface area contributed by atoms with E-state index >= 15 is 0 Å². The Morgan fingerprint density at radius 3 is 2.73 bits per heavy atom. The number of aromatic nitrogens is 1. The lowest BCUT2D eigenvalue weighted by Gasteiger charge is -2.11. The maximum Gasteiger partial charge on any atom is 0.241 e. The van der Waals surface area contributed by atoms with E-state index in [1.165, 1.54) is 6.20 Å². The van der Waals surface area contributed by atoms with Gasteiger partial charge in [0, 0.05) is 18.0 Å². The molecule has 1 aromatic carbocycles. The van der Waals surface area contributed by atoms with Gasteiger partial charge < -0.3 is 15.4 Å². The summed E-state index contributed by atoms with van der Waals surface area (Å²) in [4.78, 5) is 16.1. The highest BCUT2D eigenvalue weighted by Gasteiger charge is 2.21. The summed E-state index contributed by atoms with van der Waals surface area (Å²) in [6.45, 7) is 0.902. The van der Waals surface area contributed by atoms with E-state index in [9.17, 15) is 4.79 Å². The Morgan fingerprint density at radius 1 is 1.27 bits per heavy atom. The van der Waals surface area contributed by atoms with Crippen LogP contribution in [0.4, 0.5) is 5.69 Å². The first kappa shape index (κ1) is 14.8. The number of anilines is 1. The molecule has 22 heavy (non-hydrogen) atoms. The summed E-state index contributed by atoms with van der Waals surface area (Å²) >= 11 is 5.77. The van der Waals surface area contributed by atoms with Crippen molar-refractivity contribution in [1.29, 1.82) is 0 Å². The normalized spacial score (nSPS) is 17.2.